The van der Waals surface area contributed by atoms with Crippen molar-refractivity contribution in [3.05, 3.63) is 60.2 Å². The van der Waals surface area contributed by atoms with Crippen LogP contribution in [-0.4, -0.2) is 19.5 Å². The molecule has 0 N–H and O–H groups in total. The molecule has 0 amide bonds. The molecule has 0 saturated carbocycles. The van der Waals surface area contributed by atoms with Crippen LogP contribution in [0.25, 0.3) is 0 Å². The number of ketones is 1. The first-order valence-electron chi connectivity index (χ1n) is 6.14. The van der Waals surface area contributed by atoms with Gasteiger partial charge in [-0.25, -0.2) is 0 Å². The molecule has 0 bridgehead atoms. The Morgan fingerprint density at radius 2 is 1.74 bits per heavy atom. The summed E-state index contributed by atoms with van der Waals surface area (Å²) in [6.45, 7) is 0.362. The van der Waals surface area contributed by atoms with Crippen LogP contribution in [0.15, 0.2) is 54.6 Å². The van der Waals surface area contributed by atoms with Crippen molar-refractivity contribution in [1.29, 1.82) is 0 Å². The van der Waals surface area contributed by atoms with Crippen LogP contribution in [-0.2, 0) is 0 Å². The van der Waals surface area contributed by atoms with Crippen LogP contribution in [0, 0.1) is 0 Å². The molecular weight excluding hydrogens is 240 g/mol. The maximum absolute atomic E-state index is 11.9. The maximum atomic E-state index is 11.9. The Balaban J connectivity index is 1.85. The van der Waals surface area contributed by atoms with Crippen molar-refractivity contribution in [3.8, 4) is 11.5 Å². The van der Waals surface area contributed by atoms with Crippen LogP contribution in [0.5, 0.6) is 11.5 Å². The minimum atomic E-state index is 0.0866. The number of hydrogen-bond donors (Lipinski definition) is 0. The molecule has 2 aromatic carbocycles. The molecule has 0 aliphatic rings. The van der Waals surface area contributed by atoms with E-state index in [1.165, 1.54) is 0 Å². The Morgan fingerprint density at radius 3 is 2.47 bits per heavy atom. The molecule has 3 nitrogen and oxygen atoms in total. The predicted molar refractivity (Wildman–Crippen MR) is 73.9 cm³/mol. The Hall–Kier alpha value is -2.29. The van der Waals surface area contributed by atoms with E-state index in [0.717, 1.165) is 11.3 Å². The van der Waals surface area contributed by atoms with Gasteiger partial charge in [0, 0.05) is 18.1 Å². The smallest absolute Gasteiger partial charge is 0.166 e. The zero-order valence-corrected chi connectivity index (χ0v) is 10.8. The van der Waals surface area contributed by atoms with Gasteiger partial charge in [0.05, 0.1) is 13.7 Å². The van der Waals surface area contributed by atoms with Crippen molar-refractivity contribution in [2.45, 2.75) is 6.42 Å². The summed E-state index contributed by atoms with van der Waals surface area (Å²) in [6.07, 6.45) is 0.362. The summed E-state index contributed by atoms with van der Waals surface area (Å²) in [5.74, 6) is 1.54. The molecule has 2 aromatic rings. The highest BCUT2D eigenvalue weighted by atomic mass is 16.5. The normalized spacial score (nSPS) is 9.95. The summed E-state index contributed by atoms with van der Waals surface area (Å²) in [4.78, 5) is 11.9. The molecule has 19 heavy (non-hydrogen) atoms. The third-order valence-corrected chi connectivity index (χ3v) is 2.73. The number of methoxy groups -OCH3 is 1. The minimum absolute atomic E-state index is 0.0866. The van der Waals surface area contributed by atoms with E-state index < -0.39 is 0 Å². The van der Waals surface area contributed by atoms with E-state index in [1.54, 1.807) is 13.2 Å². The first kappa shape index (κ1) is 13.1. The molecule has 0 heterocycles. The van der Waals surface area contributed by atoms with Gasteiger partial charge >= 0.3 is 0 Å². The Kier molecular flexibility index (Phi) is 4.56. The lowest BCUT2D eigenvalue weighted by Gasteiger charge is -2.07. The topological polar surface area (TPSA) is 35.5 Å². The molecule has 98 valence electrons. The van der Waals surface area contributed by atoms with E-state index in [-0.39, 0.29) is 5.78 Å². The molecule has 0 aliphatic carbocycles. The predicted octanol–water partition coefficient (Wildman–Crippen LogP) is 3.35. The van der Waals surface area contributed by atoms with Crippen molar-refractivity contribution in [2.24, 2.45) is 0 Å². The highest BCUT2D eigenvalue weighted by Crippen LogP contribution is 2.19. The quantitative estimate of drug-likeness (QED) is 0.743. The summed E-state index contributed by atoms with van der Waals surface area (Å²) in [7, 11) is 1.61. The SMILES string of the molecule is COc1cccc(OCCC(=O)c2ccccc2)c1. The molecule has 0 aliphatic heterocycles. The van der Waals surface area contributed by atoms with Gasteiger partial charge < -0.3 is 9.47 Å². The molecule has 0 fully saturated rings. The van der Waals surface area contributed by atoms with Crippen LogP contribution in [0.1, 0.15) is 16.8 Å². The van der Waals surface area contributed by atoms with Gasteiger partial charge in [0.1, 0.15) is 11.5 Å². The zero-order chi connectivity index (χ0) is 13.5. The van der Waals surface area contributed by atoms with Crippen molar-refractivity contribution in [2.75, 3.05) is 13.7 Å². The summed E-state index contributed by atoms with van der Waals surface area (Å²) in [5.41, 5.74) is 0.719. The van der Waals surface area contributed by atoms with E-state index in [4.69, 9.17) is 9.47 Å². The van der Waals surface area contributed by atoms with E-state index in [1.807, 2.05) is 48.5 Å². The van der Waals surface area contributed by atoms with Gasteiger partial charge in [-0.15, -0.1) is 0 Å². The number of carbonyl (C=O) groups is 1. The summed E-state index contributed by atoms with van der Waals surface area (Å²) in [6, 6.07) is 16.6. The van der Waals surface area contributed by atoms with Crippen LogP contribution < -0.4 is 9.47 Å². The van der Waals surface area contributed by atoms with Gasteiger partial charge in [-0.05, 0) is 12.1 Å². The minimum Gasteiger partial charge on any atom is -0.497 e. The van der Waals surface area contributed by atoms with E-state index >= 15 is 0 Å². The van der Waals surface area contributed by atoms with Gasteiger partial charge in [0.15, 0.2) is 5.78 Å². The highest BCUT2D eigenvalue weighted by molar-refractivity contribution is 5.96. The van der Waals surface area contributed by atoms with Crippen LogP contribution in [0.3, 0.4) is 0 Å². The van der Waals surface area contributed by atoms with E-state index in [9.17, 15) is 4.79 Å². The second kappa shape index (κ2) is 6.59. The van der Waals surface area contributed by atoms with E-state index in [2.05, 4.69) is 0 Å². The van der Waals surface area contributed by atoms with Gasteiger partial charge in [0.25, 0.3) is 0 Å². The number of carbonyl (C=O) groups excluding carboxylic acids is 1. The fourth-order valence-corrected chi connectivity index (χ4v) is 1.72. The lowest BCUT2D eigenvalue weighted by Crippen LogP contribution is -2.06. The monoisotopic (exact) mass is 256 g/mol. The highest BCUT2D eigenvalue weighted by Gasteiger charge is 2.05. The lowest BCUT2D eigenvalue weighted by molar-refractivity contribution is 0.0962. The average molecular weight is 256 g/mol. The van der Waals surface area contributed by atoms with Crippen molar-refractivity contribution < 1.29 is 14.3 Å². The van der Waals surface area contributed by atoms with Gasteiger partial charge in [-0.2, -0.15) is 0 Å². The summed E-state index contributed by atoms with van der Waals surface area (Å²) < 4.78 is 10.6. The van der Waals surface area contributed by atoms with E-state index in [0.29, 0.717) is 18.8 Å². The molecule has 0 atom stereocenters. The second-order valence-corrected chi connectivity index (χ2v) is 4.07. The Labute approximate surface area is 112 Å². The zero-order valence-electron chi connectivity index (χ0n) is 10.8. The maximum Gasteiger partial charge on any atom is 0.166 e. The number of benzene rings is 2. The average Bonchev–Trinajstić information content (AvgIpc) is 2.48. The van der Waals surface area contributed by atoms with Gasteiger partial charge in [-0.3, -0.25) is 4.79 Å². The third-order valence-electron chi connectivity index (χ3n) is 2.73. The second-order valence-electron chi connectivity index (χ2n) is 4.07. The molecule has 3 heteroatoms. The Bertz CT molecular complexity index is 535. The standard InChI is InChI=1S/C16H16O3/c1-18-14-8-5-9-15(12-14)19-11-10-16(17)13-6-3-2-4-7-13/h2-9,12H,10-11H2,1H3. The lowest BCUT2D eigenvalue weighted by atomic mass is 10.1. The first-order chi connectivity index (χ1) is 9.29. The van der Waals surface area contributed by atoms with Crippen LogP contribution >= 0.6 is 0 Å². The fraction of sp³-hybridized carbons (Fsp3) is 0.188. The fourth-order valence-electron chi connectivity index (χ4n) is 1.72. The number of Topliss-reactive ketones (excluding diaryl/α,β-unsaturated/α-hetero) is 1. The number of hydrogen-bond acceptors (Lipinski definition) is 3. The van der Waals surface area contributed by atoms with Gasteiger partial charge in [-0.1, -0.05) is 36.4 Å². The third kappa shape index (κ3) is 3.85. The summed E-state index contributed by atoms with van der Waals surface area (Å²) in [5, 5.41) is 0. The summed E-state index contributed by atoms with van der Waals surface area (Å²) >= 11 is 0. The molecule has 0 aromatic heterocycles. The first-order valence-corrected chi connectivity index (χ1v) is 6.14. The van der Waals surface area contributed by atoms with Crippen LogP contribution in [0.4, 0.5) is 0 Å². The molecule has 0 unspecified atom stereocenters. The van der Waals surface area contributed by atoms with Crippen molar-refractivity contribution in [3.63, 3.8) is 0 Å². The van der Waals surface area contributed by atoms with Crippen molar-refractivity contribution in [1.82, 2.24) is 0 Å². The van der Waals surface area contributed by atoms with Crippen molar-refractivity contribution >= 4 is 5.78 Å². The Morgan fingerprint density at radius 1 is 1.00 bits per heavy atom. The molecule has 0 saturated heterocycles. The molecular formula is C16H16O3. The van der Waals surface area contributed by atoms with Crippen LogP contribution in [0.2, 0.25) is 0 Å². The number of ether oxygens (including phenoxy) is 2. The molecule has 0 radical (unpaired) electrons. The molecule has 2 rings (SSSR count). The number of rotatable bonds is 6. The van der Waals surface area contributed by atoms with Gasteiger partial charge in [0.2, 0.25) is 0 Å². The molecule has 0 spiro atoms. The largest absolute Gasteiger partial charge is 0.497 e.